The van der Waals surface area contributed by atoms with Crippen LogP contribution in [-0.2, 0) is 24.0 Å². The highest BCUT2D eigenvalue weighted by Crippen LogP contribution is 2.12. The molecule has 5 amide bonds. The fourth-order valence-electron chi connectivity index (χ4n) is 4.54. The molecule has 17 heteroatoms. The maximum absolute atomic E-state index is 12.5. The molecule has 0 radical (unpaired) electrons. The van der Waals surface area contributed by atoms with E-state index in [0.29, 0.717) is 32.4 Å². The number of aliphatic hydroxyl groups excluding tert-OH is 2. The first-order chi connectivity index (χ1) is 23.5. The zero-order valence-corrected chi connectivity index (χ0v) is 28.3. The van der Waals surface area contributed by atoms with Crippen LogP contribution in [0.1, 0.15) is 63.0 Å². The van der Waals surface area contributed by atoms with Gasteiger partial charge in [-0.2, -0.15) is 0 Å². The zero-order valence-electron chi connectivity index (χ0n) is 28.3. The van der Waals surface area contributed by atoms with Crippen molar-refractivity contribution in [2.45, 2.75) is 81.7 Å². The molecule has 0 spiro atoms. The normalized spacial score (nSPS) is 14.1. The molecule has 1 aromatic rings. The van der Waals surface area contributed by atoms with Crippen LogP contribution < -0.4 is 54.8 Å². The molecule has 17 nitrogen and oxygen atoms in total. The minimum Gasteiger partial charge on any atom is -0.391 e. The van der Waals surface area contributed by atoms with Gasteiger partial charge in [0.15, 0.2) is 0 Å². The maximum atomic E-state index is 12.5. The lowest BCUT2D eigenvalue weighted by Gasteiger charge is -2.20. The summed E-state index contributed by atoms with van der Waals surface area (Å²) in [4.78, 5) is 61.1. The Morgan fingerprint density at radius 1 is 0.694 bits per heavy atom. The molecule has 0 aliphatic rings. The van der Waals surface area contributed by atoms with Crippen molar-refractivity contribution in [2.75, 3.05) is 52.4 Å². The summed E-state index contributed by atoms with van der Waals surface area (Å²) in [5.41, 5.74) is 23.9. The molecule has 1 aromatic carbocycles. The second kappa shape index (κ2) is 26.2. The van der Waals surface area contributed by atoms with Crippen LogP contribution >= 0.6 is 0 Å². The Kier molecular flexibility index (Phi) is 23.2. The van der Waals surface area contributed by atoms with E-state index in [-0.39, 0.29) is 44.9 Å². The van der Waals surface area contributed by atoms with Crippen LogP contribution in [0.3, 0.4) is 0 Å². The van der Waals surface area contributed by atoms with Gasteiger partial charge >= 0.3 is 0 Å². The molecular weight excluding hydrogens is 636 g/mol. The van der Waals surface area contributed by atoms with Gasteiger partial charge in [-0.25, -0.2) is 0 Å². The van der Waals surface area contributed by atoms with E-state index in [1.807, 2.05) is 6.07 Å². The summed E-state index contributed by atoms with van der Waals surface area (Å²) in [5.74, 6) is -2.70. The van der Waals surface area contributed by atoms with Gasteiger partial charge in [-0.3, -0.25) is 24.0 Å². The van der Waals surface area contributed by atoms with Gasteiger partial charge in [0, 0.05) is 38.1 Å². The van der Waals surface area contributed by atoms with Crippen molar-refractivity contribution < 1.29 is 34.2 Å². The molecule has 0 aliphatic heterocycles. The van der Waals surface area contributed by atoms with E-state index >= 15 is 0 Å². The summed E-state index contributed by atoms with van der Waals surface area (Å²) < 4.78 is 0. The van der Waals surface area contributed by atoms with Gasteiger partial charge in [0.05, 0.1) is 25.6 Å². The zero-order chi connectivity index (χ0) is 36.4. The molecule has 0 fully saturated rings. The smallest absolute Gasteiger partial charge is 0.251 e. The Bertz CT molecular complexity index is 1120. The molecule has 0 saturated heterocycles. The molecule has 0 aliphatic carbocycles. The monoisotopic (exact) mass is 694 g/mol. The molecular formula is C32H58N10O7. The fraction of sp³-hybridized carbons (Fsp3) is 0.656. The lowest BCUT2D eigenvalue weighted by atomic mass is 10.0. The lowest BCUT2D eigenvalue weighted by molar-refractivity contribution is -0.134. The predicted octanol–water partition coefficient (Wildman–Crippen LogP) is -3.69. The topological polar surface area (TPSA) is 302 Å². The van der Waals surface area contributed by atoms with Crippen LogP contribution in [0.2, 0.25) is 0 Å². The van der Waals surface area contributed by atoms with Crippen molar-refractivity contribution in [1.82, 2.24) is 31.9 Å². The molecule has 278 valence electrons. The average molecular weight is 695 g/mol. The van der Waals surface area contributed by atoms with E-state index in [0.717, 1.165) is 37.9 Å². The van der Waals surface area contributed by atoms with Crippen molar-refractivity contribution in [3.63, 3.8) is 0 Å². The molecule has 5 atom stereocenters. The SMILES string of the molecule is NCCCCNCCCNC(=O)CNC(=O)C[C@@H](O)[C@@H](N)CCCCNC(=O)[C@H](CN)NC(=O)[C@@H](O)CNC(=O)C[C@H](N)c1ccccc1. The molecule has 49 heavy (non-hydrogen) atoms. The molecule has 0 saturated carbocycles. The number of amides is 5. The average Bonchev–Trinajstić information content (AvgIpc) is 3.09. The first kappa shape index (κ1) is 43.3. The highest BCUT2D eigenvalue weighted by molar-refractivity contribution is 5.90. The van der Waals surface area contributed by atoms with Crippen LogP contribution in [0, 0.1) is 0 Å². The number of aliphatic hydroxyl groups is 2. The molecule has 0 heterocycles. The third-order valence-electron chi connectivity index (χ3n) is 7.56. The minimum absolute atomic E-state index is 0.0403. The number of carbonyl (C=O) groups excluding carboxylic acids is 5. The number of hydrogen-bond donors (Lipinski definition) is 12. The van der Waals surface area contributed by atoms with Gasteiger partial charge in [-0.05, 0) is 57.3 Å². The number of benzene rings is 1. The van der Waals surface area contributed by atoms with Gasteiger partial charge in [0.1, 0.15) is 12.1 Å². The van der Waals surface area contributed by atoms with E-state index in [1.54, 1.807) is 24.3 Å². The Morgan fingerprint density at radius 3 is 2.04 bits per heavy atom. The van der Waals surface area contributed by atoms with Crippen LogP contribution in [0.4, 0.5) is 0 Å². The number of carbonyl (C=O) groups is 5. The summed E-state index contributed by atoms with van der Waals surface area (Å²) in [6.07, 6.45) is 1.09. The second-order valence-electron chi connectivity index (χ2n) is 11.8. The summed E-state index contributed by atoms with van der Waals surface area (Å²) in [5, 5.41) is 36.4. The fourth-order valence-corrected chi connectivity index (χ4v) is 4.54. The highest BCUT2D eigenvalue weighted by Gasteiger charge is 2.24. The largest absolute Gasteiger partial charge is 0.391 e. The van der Waals surface area contributed by atoms with Crippen molar-refractivity contribution >= 4 is 29.5 Å². The summed E-state index contributed by atoms with van der Waals surface area (Å²) in [6.45, 7) is 2.22. The van der Waals surface area contributed by atoms with Gasteiger partial charge in [-0.15, -0.1) is 0 Å². The molecule has 0 unspecified atom stereocenters. The third-order valence-corrected chi connectivity index (χ3v) is 7.56. The Morgan fingerprint density at radius 2 is 1.35 bits per heavy atom. The summed E-state index contributed by atoms with van der Waals surface area (Å²) in [7, 11) is 0. The summed E-state index contributed by atoms with van der Waals surface area (Å²) in [6, 6.07) is 6.68. The van der Waals surface area contributed by atoms with Crippen molar-refractivity contribution in [2.24, 2.45) is 22.9 Å². The van der Waals surface area contributed by atoms with Crippen LogP contribution in [0.5, 0.6) is 0 Å². The molecule has 1 rings (SSSR count). The number of nitrogens with one attached hydrogen (secondary N) is 6. The van der Waals surface area contributed by atoms with E-state index in [1.165, 1.54) is 0 Å². The van der Waals surface area contributed by atoms with Crippen molar-refractivity contribution in [3.8, 4) is 0 Å². The number of nitrogens with two attached hydrogens (primary N) is 4. The van der Waals surface area contributed by atoms with Crippen LogP contribution in [0.15, 0.2) is 30.3 Å². The Labute approximate surface area is 288 Å². The van der Waals surface area contributed by atoms with Crippen molar-refractivity contribution in [1.29, 1.82) is 0 Å². The standard InChI is InChI=1S/C32H58N10O7/c33-12-5-7-13-37-14-8-16-38-30(47)21-41-29(46)18-26(43)23(35)11-4-6-15-39-31(48)25(19-34)42-32(49)27(44)20-40-28(45)17-24(36)22-9-2-1-3-10-22/h1-3,9-10,23-27,37,43-44H,4-8,11-21,33-36H2,(H,38,47)(H,39,48)(H,40,45)(H,41,46)(H,42,49)/t23-,24-,25-,26+,27-/m0/s1. The van der Waals surface area contributed by atoms with Crippen LogP contribution in [-0.4, -0.2) is 116 Å². The van der Waals surface area contributed by atoms with Crippen molar-refractivity contribution in [3.05, 3.63) is 35.9 Å². The minimum atomic E-state index is -1.61. The first-order valence-electron chi connectivity index (χ1n) is 16.9. The van der Waals surface area contributed by atoms with E-state index in [9.17, 15) is 34.2 Å². The molecule has 0 aromatic heterocycles. The van der Waals surface area contributed by atoms with E-state index < -0.39 is 54.0 Å². The van der Waals surface area contributed by atoms with E-state index in [4.69, 9.17) is 22.9 Å². The van der Waals surface area contributed by atoms with Gasteiger partial charge in [-0.1, -0.05) is 36.8 Å². The maximum Gasteiger partial charge on any atom is 0.251 e. The number of rotatable bonds is 27. The predicted molar refractivity (Wildman–Crippen MR) is 185 cm³/mol. The van der Waals surface area contributed by atoms with Gasteiger partial charge < -0.3 is 65.0 Å². The molecule has 0 bridgehead atoms. The number of hydrogen-bond acceptors (Lipinski definition) is 12. The highest BCUT2D eigenvalue weighted by atomic mass is 16.3. The van der Waals surface area contributed by atoms with Crippen LogP contribution in [0.25, 0.3) is 0 Å². The second-order valence-corrected chi connectivity index (χ2v) is 11.8. The quantitative estimate of drug-likeness (QED) is 0.0396. The van der Waals surface area contributed by atoms with Gasteiger partial charge in [0.25, 0.3) is 5.91 Å². The van der Waals surface area contributed by atoms with Gasteiger partial charge in [0.2, 0.25) is 23.6 Å². The Balaban J connectivity index is 2.20. The molecule has 16 N–H and O–H groups in total. The Hall–Kier alpha value is -3.71. The number of unbranched alkanes of at least 4 members (excludes halogenated alkanes) is 2. The first-order valence-corrected chi connectivity index (χ1v) is 16.9. The van der Waals surface area contributed by atoms with E-state index in [2.05, 4.69) is 31.9 Å². The third kappa shape index (κ3) is 20.4. The lowest BCUT2D eigenvalue weighted by Crippen LogP contribution is -2.54. The summed E-state index contributed by atoms with van der Waals surface area (Å²) >= 11 is 0.